The van der Waals surface area contributed by atoms with E-state index in [9.17, 15) is 5.11 Å². The van der Waals surface area contributed by atoms with E-state index in [4.69, 9.17) is 4.74 Å². The number of fused-ring (bicyclic) bond motifs is 1. The Balaban J connectivity index is 2.07. The molecule has 2 aliphatic rings. The van der Waals surface area contributed by atoms with Crippen molar-refractivity contribution in [1.29, 1.82) is 0 Å². The van der Waals surface area contributed by atoms with Gasteiger partial charge in [-0.3, -0.25) is 0 Å². The fourth-order valence-corrected chi connectivity index (χ4v) is 2.39. The summed E-state index contributed by atoms with van der Waals surface area (Å²) in [5.74, 6) is 0.0315. The minimum atomic E-state index is -0.816. The molecule has 1 radical (unpaired) electrons. The molecular weight excluding hydrogens is 163 g/mol. The monoisotopic (exact) mass is 181 g/mol. The van der Waals surface area contributed by atoms with E-state index in [-0.39, 0.29) is 5.82 Å². The van der Waals surface area contributed by atoms with Crippen molar-refractivity contribution in [2.24, 2.45) is 5.92 Å². The first-order valence-corrected chi connectivity index (χ1v) is 5.40. The maximum Gasteiger partial charge on any atom is 0.161 e. The zero-order chi connectivity index (χ0) is 9.31. The summed E-state index contributed by atoms with van der Waals surface area (Å²) >= 11 is 0. The van der Waals surface area contributed by atoms with Gasteiger partial charge < -0.3 is 9.84 Å². The second kappa shape index (κ2) is 3.62. The largest absolute Gasteiger partial charge is 0.366 e. The van der Waals surface area contributed by atoms with Gasteiger partial charge in [0.1, 0.15) is 7.28 Å². The minimum absolute atomic E-state index is 0.284. The quantitative estimate of drug-likeness (QED) is 0.577. The fraction of sp³-hybridized carbons (Fsp3) is 1.00. The molecule has 1 heterocycles. The van der Waals surface area contributed by atoms with Crippen molar-refractivity contribution in [1.82, 2.24) is 0 Å². The van der Waals surface area contributed by atoms with Gasteiger partial charge >= 0.3 is 0 Å². The third-order valence-corrected chi connectivity index (χ3v) is 3.32. The lowest BCUT2D eigenvalue weighted by Gasteiger charge is -2.38. The predicted molar refractivity (Wildman–Crippen MR) is 52.8 cm³/mol. The minimum Gasteiger partial charge on any atom is -0.366 e. The highest BCUT2D eigenvalue weighted by Crippen LogP contribution is 2.41. The fourth-order valence-electron chi connectivity index (χ4n) is 2.39. The van der Waals surface area contributed by atoms with Crippen LogP contribution in [0.4, 0.5) is 0 Å². The standard InChI is InChI=1S/C10H18BO2/c1-8-6-11-9-4-2-3-5-10(9,12)13-7-8/h8-9,12H,2-7H2,1H3. The molecule has 0 spiro atoms. The topological polar surface area (TPSA) is 29.5 Å². The molecule has 0 aromatic rings. The van der Waals surface area contributed by atoms with Crippen molar-refractivity contribution in [3.05, 3.63) is 0 Å². The number of hydrogen-bond acceptors (Lipinski definition) is 2. The summed E-state index contributed by atoms with van der Waals surface area (Å²) in [7, 11) is 2.27. The van der Waals surface area contributed by atoms with Gasteiger partial charge in [0, 0.05) is 6.42 Å². The van der Waals surface area contributed by atoms with Gasteiger partial charge in [0.05, 0.1) is 6.61 Å². The van der Waals surface area contributed by atoms with E-state index in [2.05, 4.69) is 14.2 Å². The predicted octanol–water partition coefficient (Wildman–Crippen LogP) is 1.83. The van der Waals surface area contributed by atoms with Crippen LogP contribution < -0.4 is 0 Å². The molecule has 1 aliphatic carbocycles. The van der Waals surface area contributed by atoms with Crippen LogP contribution in [0.15, 0.2) is 0 Å². The second-order valence-electron chi connectivity index (χ2n) is 4.58. The van der Waals surface area contributed by atoms with E-state index in [0.29, 0.717) is 12.5 Å². The van der Waals surface area contributed by atoms with Crippen LogP contribution in [0.3, 0.4) is 0 Å². The lowest BCUT2D eigenvalue weighted by atomic mass is 9.53. The first-order valence-electron chi connectivity index (χ1n) is 5.40. The van der Waals surface area contributed by atoms with Crippen molar-refractivity contribution in [3.8, 4) is 0 Å². The molecule has 2 nitrogen and oxygen atoms in total. The summed E-state index contributed by atoms with van der Waals surface area (Å²) in [6, 6.07) is 0. The smallest absolute Gasteiger partial charge is 0.161 e. The van der Waals surface area contributed by atoms with Gasteiger partial charge in [-0.05, 0) is 18.2 Å². The summed E-state index contributed by atoms with van der Waals surface area (Å²) in [5, 5.41) is 10.2. The third kappa shape index (κ3) is 1.91. The van der Waals surface area contributed by atoms with Crippen LogP contribution in [0.25, 0.3) is 0 Å². The first kappa shape index (κ1) is 9.54. The number of ether oxygens (including phenoxy) is 1. The molecule has 0 amide bonds. The SMILES string of the molecule is CC1C[B]C2CCCCC2(O)OC1. The van der Waals surface area contributed by atoms with Gasteiger partial charge in [-0.25, -0.2) is 0 Å². The molecule has 13 heavy (non-hydrogen) atoms. The molecule has 73 valence electrons. The Bertz CT molecular complexity index is 186. The average molecular weight is 181 g/mol. The van der Waals surface area contributed by atoms with Crippen molar-refractivity contribution < 1.29 is 9.84 Å². The van der Waals surface area contributed by atoms with Crippen LogP contribution in [0.2, 0.25) is 12.1 Å². The molecule has 1 aliphatic heterocycles. The van der Waals surface area contributed by atoms with Crippen LogP contribution in [0, 0.1) is 5.92 Å². The zero-order valence-electron chi connectivity index (χ0n) is 8.33. The lowest BCUT2D eigenvalue weighted by Crippen LogP contribution is -2.41. The first-order chi connectivity index (χ1) is 6.21. The van der Waals surface area contributed by atoms with Gasteiger partial charge in [-0.1, -0.05) is 26.1 Å². The molecule has 0 aromatic heterocycles. The summed E-state index contributed by atoms with van der Waals surface area (Å²) in [6.07, 6.45) is 5.35. The molecule has 1 N–H and O–H groups in total. The van der Waals surface area contributed by atoms with Crippen LogP contribution >= 0.6 is 0 Å². The maximum atomic E-state index is 10.2. The summed E-state index contributed by atoms with van der Waals surface area (Å²) in [6.45, 7) is 2.89. The molecule has 1 saturated heterocycles. The Morgan fingerprint density at radius 3 is 3.15 bits per heavy atom. The van der Waals surface area contributed by atoms with Gasteiger partial charge in [-0.15, -0.1) is 0 Å². The van der Waals surface area contributed by atoms with E-state index in [1.165, 1.54) is 6.42 Å². The third-order valence-electron chi connectivity index (χ3n) is 3.32. The van der Waals surface area contributed by atoms with Gasteiger partial charge in [-0.2, -0.15) is 0 Å². The van der Waals surface area contributed by atoms with Crippen LogP contribution in [0.1, 0.15) is 32.6 Å². The Hall–Kier alpha value is -0.0151. The molecule has 3 atom stereocenters. The van der Waals surface area contributed by atoms with Crippen molar-refractivity contribution in [3.63, 3.8) is 0 Å². The maximum absolute atomic E-state index is 10.2. The van der Waals surface area contributed by atoms with E-state index in [1.54, 1.807) is 0 Å². The van der Waals surface area contributed by atoms with Gasteiger partial charge in [0.2, 0.25) is 0 Å². The van der Waals surface area contributed by atoms with Crippen molar-refractivity contribution >= 4 is 7.28 Å². The summed E-state index contributed by atoms with van der Waals surface area (Å²) in [4.78, 5) is 0. The zero-order valence-corrected chi connectivity index (χ0v) is 8.33. The molecule has 0 aromatic carbocycles. The van der Waals surface area contributed by atoms with Crippen molar-refractivity contribution in [2.75, 3.05) is 6.61 Å². The molecular formula is C10H18BO2. The highest BCUT2D eigenvalue weighted by atomic mass is 16.6. The normalized spacial score (nSPS) is 46.0. The Kier molecular flexibility index (Phi) is 2.66. The van der Waals surface area contributed by atoms with E-state index in [1.807, 2.05) is 0 Å². The number of hydrogen-bond donors (Lipinski definition) is 1. The highest BCUT2D eigenvalue weighted by Gasteiger charge is 2.41. The molecule has 2 fully saturated rings. The second-order valence-corrected chi connectivity index (χ2v) is 4.58. The average Bonchev–Trinajstić information content (AvgIpc) is 2.27. The Labute approximate surface area is 80.9 Å². The van der Waals surface area contributed by atoms with Crippen molar-refractivity contribution in [2.45, 2.75) is 50.5 Å². The highest BCUT2D eigenvalue weighted by molar-refractivity contribution is 6.38. The van der Waals surface area contributed by atoms with Gasteiger partial charge in [0.25, 0.3) is 0 Å². The molecule has 2 rings (SSSR count). The molecule has 1 saturated carbocycles. The molecule has 0 bridgehead atoms. The van der Waals surface area contributed by atoms with Gasteiger partial charge in [0.15, 0.2) is 5.79 Å². The molecule has 3 unspecified atom stereocenters. The lowest BCUT2D eigenvalue weighted by molar-refractivity contribution is -0.221. The van der Waals surface area contributed by atoms with Crippen LogP contribution in [-0.4, -0.2) is 24.8 Å². The molecule has 3 heteroatoms. The van der Waals surface area contributed by atoms with Crippen LogP contribution in [0.5, 0.6) is 0 Å². The van der Waals surface area contributed by atoms with E-state index < -0.39 is 5.79 Å². The van der Waals surface area contributed by atoms with E-state index >= 15 is 0 Å². The number of rotatable bonds is 0. The summed E-state index contributed by atoms with van der Waals surface area (Å²) < 4.78 is 5.63. The Morgan fingerprint density at radius 1 is 1.46 bits per heavy atom. The van der Waals surface area contributed by atoms with Crippen LogP contribution in [-0.2, 0) is 4.74 Å². The number of aliphatic hydroxyl groups is 1. The Morgan fingerprint density at radius 2 is 2.31 bits per heavy atom. The summed E-state index contributed by atoms with van der Waals surface area (Å²) in [5.41, 5.74) is 0. The van der Waals surface area contributed by atoms with E-state index in [0.717, 1.165) is 25.6 Å².